The first-order chi connectivity index (χ1) is 3.68. The third-order valence-corrected chi connectivity index (χ3v) is 2.16. The van der Waals surface area contributed by atoms with Crippen molar-refractivity contribution in [2.45, 2.75) is 5.67 Å². The van der Waals surface area contributed by atoms with Gasteiger partial charge in [0.15, 0.2) is 5.67 Å². The van der Waals surface area contributed by atoms with E-state index in [9.17, 15) is 4.39 Å². The Labute approximate surface area is 62.9 Å². The van der Waals surface area contributed by atoms with Gasteiger partial charge >= 0.3 is 0 Å². The summed E-state index contributed by atoms with van der Waals surface area (Å²) in [7, 11) is 0. The summed E-state index contributed by atoms with van der Waals surface area (Å²) >= 11 is 15.5. The van der Waals surface area contributed by atoms with Gasteiger partial charge in [-0.1, -0.05) is 0 Å². The molecule has 0 aromatic rings. The molecule has 0 radical (unpaired) electrons. The van der Waals surface area contributed by atoms with E-state index in [1.807, 2.05) is 0 Å². The van der Waals surface area contributed by atoms with Crippen molar-refractivity contribution in [3.8, 4) is 0 Å². The lowest BCUT2D eigenvalue weighted by Gasteiger charge is -2.14. The van der Waals surface area contributed by atoms with Crippen molar-refractivity contribution in [1.82, 2.24) is 0 Å². The second-order valence-corrected chi connectivity index (χ2v) is 2.35. The van der Waals surface area contributed by atoms with Gasteiger partial charge < -0.3 is 0 Å². The molecule has 0 bridgehead atoms. The van der Waals surface area contributed by atoms with Crippen LogP contribution in [0.2, 0.25) is 0 Å². The first-order valence-corrected chi connectivity index (χ1v) is 3.65. The molecule has 0 rings (SSSR count). The summed E-state index contributed by atoms with van der Waals surface area (Å²) in [6.07, 6.45) is 0. The zero-order chi connectivity index (χ0) is 6.62. The molecule has 0 N–H and O–H groups in total. The van der Waals surface area contributed by atoms with Crippen molar-refractivity contribution in [3.63, 3.8) is 0 Å². The second kappa shape index (κ2) is 3.76. The van der Waals surface area contributed by atoms with Gasteiger partial charge in [0.05, 0.1) is 17.6 Å². The van der Waals surface area contributed by atoms with E-state index in [1.54, 1.807) is 0 Å². The van der Waals surface area contributed by atoms with Crippen LogP contribution in [0.25, 0.3) is 0 Å². The van der Waals surface area contributed by atoms with Gasteiger partial charge in [-0.15, -0.1) is 34.8 Å². The van der Waals surface area contributed by atoms with Gasteiger partial charge in [0, 0.05) is 0 Å². The molecule has 0 atom stereocenters. The summed E-state index contributed by atoms with van der Waals surface area (Å²) < 4.78 is 12.6. The van der Waals surface area contributed by atoms with Gasteiger partial charge in [-0.05, 0) is 0 Å². The second-order valence-electron chi connectivity index (χ2n) is 1.55. The molecule has 0 saturated carbocycles. The topological polar surface area (TPSA) is 0 Å². The van der Waals surface area contributed by atoms with E-state index in [2.05, 4.69) is 0 Å². The Morgan fingerprint density at radius 3 is 1.25 bits per heavy atom. The zero-order valence-corrected chi connectivity index (χ0v) is 6.40. The molecule has 0 aromatic carbocycles. The molecule has 0 heterocycles. The number of halogens is 4. The van der Waals surface area contributed by atoms with E-state index in [-0.39, 0.29) is 17.6 Å². The fourth-order valence-electron chi connectivity index (χ4n) is 0.107. The normalized spacial score (nSPS) is 12.0. The van der Waals surface area contributed by atoms with Crippen LogP contribution >= 0.6 is 34.8 Å². The highest BCUT2D eigenvalue weighted by Crippen LogP contribution is 2.16. The monoisotopic (exact) mass is 178 g/mol. The molecule has 0 aromatic heterocycles. The Hall–Kier alpha value is 0.800. The number of hydrogen-bond acceptors (Lipinski definition) is 0. The van der Waals surface area contributed by atoms with Crippen LogP contribution in [0.3, 0.4) is 0 Å². The van der Waals surface area contributed by atoms with Gasteiger partial charge in [0.2, 0.25) is 0 Å². The predicted octanol–water partition coefficient (Wildman–Crippen LogP) is 2.41. The van der Waals surface area contributed by atoms with Crippen molar-refractivity contribution in [1.29, 1.82) is 0 Å². The quantitative estimate of drug-likeness (QED) is 0.584. The molecule has 0 unspecified atom stereocenters. The van der Waals surface area contributed by atoms with Gasteiger partial charge in [-0.25, -0.2) is 4.39 Å². The highest BCUT2D eigenvalue weighted by Gasteiger charge is 2.25. The fraction of sp³-hybridized carbons (Fsp3) is 1.00. The van der Waals surface area contributed by atoms with E-state index in [1.165, 1.54) is 0 Å². The van der Waals surface area contributed by atoms with Gasteiger partial charge in [-0.2, -0.15) is 0 Å². The third kappa shape index (κ3) is 2.38. The molecule has 0 aliphatic carbocycles. The van der Waals surface area contributed by atoms with Crippen molar-refractivity contribution in [2.75, 3.05) is 17.6 Å². The molecular formula is C4H6Cl3F. The largest absolute Gasteiger partial charge is 0.240 e. The molecule has 0 nitrogen and oxygen atoms in total. The molecule has 0 fully saturated rings. The maximum atomic E-state index is 12.6. The van der Waals surface area contributed by atoms with Crippen LogP contribution in [-0.4, -0.2) is 23.3 Å². The first kappa shape index (κ1) is 8.80. The van der Waals surface area contributed by atoms with Crippen LogP contribution in [0, 0.1) is 0 Å². The summed E-state index contributed by atoms with van der Waals surface area (Å²) in [4.78, 5) is 0. The van der Waals surface area contributed by atoms with Crippen LogP contribution in [0.15, 0.2) is 0 Å². The van der Waals surface area contributed by atoms with Gasteiger partial charge in [0.1, 0.15) is 0 Å². The first-order valence-electron chi connectivity index (χ1n) is 2.05. The molecule has 0 aliphatic heterocycles. The Balaban J connectivity index is 3.58. The summed E-state index contributed by atoms with van der Waals surface area (Å²) in [5.74, 6) is -0.417. The Bertz CT molecular complexity index is 54.0. The molecule has 0 amide bonds. The zero-order valence-electron chi connectivity index (χ0n) is 4.13. The summed E-state index contributed by atoms with van der Waals surface area (Å²) in [5.41, 5.74) is -1.58. The number of alkyl halides is 4. The highest BCUT2D eigenvalue weighted by atomic mass is 35.5. The molecule has 50 valence electrons. The lowest BCUT2D eigenvalue weighted by Crippen LogP contribution is -2.29. The van der Waals surface area contributed by atoms with Crippen LogP contribution in [-0.2, 0) is 0 Å². The molecule has 0 saturated heterocycles. The standard InChI is InChI=1S/C4H6Cl3F/c5-1-4(8,2-6)3-7/h1-3H2. The average molecular weight is 179 g/mol. The molecule has 0 aliphatic rings. The summed E-state index contributed by atoms with van der Waals surface area (Å²) in [6.45, 7) is 0. The summed E-state index contributed by atoms with van der Waals surface area (Å²) in [5, 5.41) is 0. The minimum absolute atomic E-state index is 0.139. The van der Waals surface area contributed by atoms with Crippen molar-refractivity contribution in [2.24, 2.45) is 0 Å². The van der Waals surface area contributed by atoms with Crippen LogP contribution in [0.5, 0.6) is 0 Å². The maximum absolute atomic E-state index is 12.6. The Morgan fingerprint density at radius 1 is 1.00 bits per heavy atom. The van der Waals surface area contributed by atoms with E-state index < -0.39 is 5.67 Å². The van der Waals surface area contributed by atoms with Crippen molar-refractivity contribution in [3.05, 3.63) is 0 Å². The van der Waals surface area contributed by atoms with Crippen LogP contribution in [0.1, 0.15) is 0 Å². The van der Waals surface area contributed by atoms with Crippen LogP contribution < -0.4 is 0 Å². The van der Waals surface area contributed by atoms with Crippen molar-refractivity contribution >= 4 is 34.8 Å². The maximum Gasteiger partial charge on any atom is 0.151 e. The average Bonchev–Trinajstić information content (AvgIpc) is 1.87. The predicted molar refractivity (Wildman–Crippen MR) is 36.0 cm³/mol. The van der Waals surface area contributed by atoms with E-state index in [4.69, 9.17) is 34.8 Å². The molecule has 4 heteroatoms. The molecular weight excluding hydrogens is 173 g/mol. The van der Waals surface area contributed by atoms with Crippen LogP contribution in [0.4, 0.5) is 4.39 Å². The smallest absolute Gasteiger partial charge is 0.151 e. The lowest BCUT2D eigenvalue weighted by atomic mass is 10.2. The molecule has 0 spiro atoms. The van der Waals surface area contributed by atoms with E-state index in [0.717, 1.165) is 0 Å². The highest BCUT2D eigenvalue weighted by molar-refractivity contribution is 6.24. The summed E-state index contributed by atoms with van der Waals surface area (Å²) in [6, 6.07) is 0. The number of hydrogen-bond donors (Lipinski definition) is 0. The van der Waals surface area contributed by atoms with E-state index in [0.29, 0.717) is 0 Å². The third-order valence-electron chi connectivity index (χ3n) is 0.718. The van der Waals surface area contributed by atoms with Crippen molar-refractivity contribution < 1.29 is 4.39 Å². The van der Waals surface area contributed by atoms with E-state index >= 15 is 0 Å². The number of rotatable bonds is 3. The SMILES string of the molecule is FC(CCl)(CCl)CCl. The minimum Gasteiger partial charge on any atom is -0.240 e. The van der Waals surface area contributed by atoms with Gasteiger partial charge in [-0.3, -0.25) is 0 Å². The Kier molecular flexibility index (Phi) is 4.13. The van der Waals surface area contributed by atoms with Gasteiger partial charge in [0.25, 0.3) is 0 Å². The molecule has 8 heavy (non-hydrogen) atoms. The lowest BCUT2D eigenvalue weighted by molar-refractivity contribution is 0.260. The fourth-order valence-corrected chi connectivity index (χ4v) is 0.964. The Morgan fingerprint density at radius 2 is 1.25 bits per heavy atom. The minimum atomic E-state index is -1.58.